The van der Waals surface area contributed by atoms with E-state index in [0.29, 0.717) is 11.1 Å². The predicted molar refractivity (Wildman–Crippen MR) is 82.6 cm³/mol. The molecule has 1 aromatic heterocycles. The van der Waals surface area contributed by atoms with E-state index in [-0.39, 0.29) is 18.2 Å². The molecule has 0 aliphatic heterocycles. The molecule has 4 nitrogen and oxygen atoms in total. The van der Waals surface area contributed by atoms with E-state index in [9.17, 15) is 18.0 Å². The van der Waals surface area contributed by atoms with Gasteiger partial charge in [0.2, 0.25) is 0 Å². The lowest BCUT2D eigenvalue weighted by molar-refractivity contribution is -0.274. The zero-order chi connectivity index (χ0) is 17.2. The summed E-state index contributed by atoms with van der Waals surface area (Å²) in [4.78, 5) is 15.2. The molecule has 0 saturated heterocycles. The van der Waals surface area contributed by atoms with Crippen LogP contribution in [0.1, 0.15) is 15.9 Å². The van der Waals surface area contributed by atoms with Crippen molar-refractivity contribution in [3.05, 3.63) is 65.9 Å². The lowest BCUT2D eigenvalue weighted by Crippen LogP contribution is -2.22. The molecule has 0 saturated carbocycles. The number of aromatic nitrogens is 1. The summed E-state index contributed by atoms with van der Waals surface area (Å²) in [7, 11) is 0. The van der Waals surface area contributed by atoms with Crippen molar-refractivity contribution < 1.29 is 22.7 Å². The Kier molecular flexibility index (Phi) is 4.16. The largest absolute Gasteiger partial charge is 0.573 e. The van der Waals surface area contributed by atoms with Crippen molar-refractivity contribution in [1.29, 1.82) is 0 Å². The Bertz CT molecular complexity index is 854. The molecule has 2 N–H and O–H groups in total. The van der Waals surface area contributed by atoms with Gasteiger partial charge in [0.15, 0.2) is 0 Å². The van der Waals surface area contributed by atoms with Crippen molar-refractivity contribution in [1.82, 2.24) is 10.3 Å². The van der Waals surface area contributed by atoms with Crippen LogP contribution >= 0.6 is 0 Å². The van der Waals surface area contributed by atoms with E-state index in [4.69, 9.17) is 0 Å². The van der Waals surface area contributed by atoms with Crippen LogP contribution in [0.15, 0.2) is 54.7 Å². The quantitative estimate of drug-likeness (QED) is 0.758. The molecule has 3 rings (SSSR count). The minimum Gasteiger partial charge on any atom is -0.406 e. The Morgan fingerprint density at radius 3 is 2.54 bits per heavy atom. The molecule has 0 aliphatic rings. The summed E-state index contributed by atoms with van der Waals surface area (Å²) in [5.41, 5.74) is 2.03. The fraction of sp³-hybridized carbons (Fsp3) is 0.118. The summed E-state index contributed by atoms with van der Waals surface area (Å²) in [6.45, 7) is 0.202. The number of aromatic amines is 1. The van der Waals surface area contributed by atoms with Gasteiger partial charge in [0.25, 0.3) is 5.91 Å². The van der Waals surface area contributed by atoms with Crippen LogP contribution in [-0.4, -0.2) is 17.3 Å². The average molecular weight is 334 g/mol. The molecule has 0 radical (unpaired) electrons. The number of carbonyl (C=O) groups excluding carboxylic acids is 1. The molecule has 3 aromatic rings. The van der Waals surface area contributed by atoms with E-state index in [1.165, 1.54) is 24.3 Å². The zero-order valence-electron chi connectivity index (χ0n) is 12.4. The summed E-state index contributed by atoms with van der Waals surface area (Å²) in [5.74, 6) is -0.558. The Morgan fingerprint density at radius 1 is 1.08 bits per heavy atom. The van der Waals surface area contributed by atoms with Crippen molar-refractivity contribution >= 4 is 16.8 Å². The number of hydrogen-bond donors (Lipinski definition) is 2. The molecular formula is C17H13F3N2O2. The van der Waals surface area contributed by atoms with Gasteiger partial charge in [0.05, 0.1) is 0 Å². The number of alkyl halides is 3. The van der Waals surface area contributed by atoms with E-state index in [2.05, 4.69) is 15.0 Å². The highest BCUT2D eigenvalue weighted by molar-refractivity contribution is 5.97. The number of amides is 1. The van der Waals surface area contributed by atoms with Crippen molar-refractivity contribution in [2.75, 3.05) is 0 Å². The van der Waals surface area contributed by atoms with Gasteiger partial charge in [0.1, 0.15) is 5.75 Å². The van der Waals surface area contributed by atoms with Crippen LogP contribution in [0, 0.1) is 0 Å². The van der Waals surface area contributed by atoms with Gasteiger partial charge in [-0.2, -0.15) is 0 Å². The number of hydrogen-bond acceptors (Lipinski definition) is 2. The lowest BCUT2D eigenvalue weighted by atomic mass is 10.1. The maximum absolute atomic E-state index is 12.1. The Hall–Kier alpha value is -2.96. The minimum atomic E-state index is -4.72. The van der Waals surface area contributed by atoms with Gasteiger partial charge in [-0.25, -0.2) is 0 Å². The third-order valence-electron chi connectivity index (χ3n) is 3.43. The standard InChI is InChI=1S/C17H13F3N2O2/c18-17(19,20)24-14-5-1-11(2-6-14)10-22-16(23)13-4-3-12-7-8-21-15(12)9-13/h1-9,21H,10H2,(H,22,23). The second-order valence-corrected chi connectivity index (χ2v) is 5.15. The van der Waals surface area contributed by atoms with Gasteiger partial charge in [-0.3, -0.25) is 4.79 Å². The highest BCUT2D eigenvalue weighted by atomic mass is 19.4. The molecule has 0 spiro atoms. The van der Waals surface area contributed by atoms with E-state index in [1.54, 1.807) is 18.3 Å². The summed E-state index contributed by atoms with van der Waals surface area (Å²) >= 11 is 0. The van der Waals surface area contributed by atoms with Gasteiger partial charge in [-0.15, -0.1) is 13.2 Å². The van der Waals surface area contributed by atoms with Crippen molar-refractivity contribution in [3.8, 4) is 5.75 Å². The molecule has 0 unspecified atom stereocenters. The molecule has 7 heteroatoms. The molecular weight excluding hydrogens is 321 g/mol. The van der Waals surface area contributed by atoms with Crippen LogP contribution in [0.25, 0.3) is 10.9 Å². The first-order valence-corrected chi connectivity index (χ1v) is 7.11. The molecule has 0 fully saturated rings. The maximum Gasteiger partial charge on any atom is 0.573 e. The maximum atomic E-state index is 12.1. The first-order valence-electron chi connectivity index (χ1n) is 7.11. The molecule has 1 heterocycles. The van der Waals surface area contributed by atoms with Gasteiger partial charge in [-0.1, -0.05) is 18.2 Å². The second-order valence-electron chi connectivity index (χ2n) is 5.15. The smallest absolute Gasteiger partial charge is 0.406 e. The highest BCUT2D eigenvalue weighted by Crippen LogP contribution is 2.22. The summed E-state index contributed by atoms with van der Waals surface area (Å²) < 4.78 is 40.1. The molecule has 24 heavy (non-hydrogen) atoms. The molecule has 0 aliphatic carbocycles. The molecule has 0 atom stereocenters. The molecule has 0 bridgehead atoms. The number of halogens is 3. The number of carbonyl (C=O) groups is 1. The predicted octanol–water partition coefficient (Wildman–Crippen LogP) is 4.00. The van der Waals surface area contributed by atoms with Gasteiger partial charge in [0, 0.05) is 23.8 Å². The van der Waals surface area contributed by atoms with Crippen LogP contribution in [-0.2, 0) is 6.54 Å². The summed E-state index contributed by atoms with van der Waals surface area (Å²) in [6.07, 6.45) is -2.93. The van der Waals surface area contributed by atoms with E-state index >= 15 is 0 Å². The third kappa shape index (κ3) is 3.87. The van der Waals surface area contributed by atoms with Gasteiger partial charge >= 0.3 is 6.36 Å². The van der Waals surface area contributed by atoms with Gasteiger partial charge < -0.3 is 15.0 Å². The highest BCUT2D eigenvalue weighted by Gasteiger charge is 2.30. The minimum absolute atomic E-state index is 0.202. The summed E-state index contributed by atoms with van der Waals surface area (Å²) in [6, 6.07) is 12.5. The van der Waals surface area contributed by atoms with Crippen LogP contribution in [0.4, 0.5) is 13.2 Å². The lowest BCUT2D eigenvalue weighted by Gasteiger charge is -2.10. The normalized spacial score (nSPS) is 11.5. The number of fused-ring (bicyclic) bond motifs is 1. The van der Waals surface area contributed by atoms with E-state index in [0.717, 1.165) is 10.9 Å². The monoisotopic (exact) mass is 334 g/mol. The van der Waals surface area contributed by atoms with Crippen molar-refractivity contribution in [2.45, 2.75) is 12.9 Å². The SMILES string of the molecule is O=C(NCc1ccc(OC(F)(F)F)cc1)c1ccc2cc[nH]c2c1. The van der Waals surface area contributed by atoms with Crippen molar-refractivity contribution in [3.63, 3.8) is 0 Å². The average Bonchev–Trinajstić information content (AvgIpc) is 3.00. The fourth-order valence-electron chi connectivity index (χ4n) is 2.28. The number of H-pyrrole nitrogens is 1. The number of rotatable bonds is 4. The number of benzene rings is 2. The van der Waals surface area contributed by atoms with Crippen LogP contribution < -0.4 is 10.1 Å². The molecule has 124 valence electrons. The van der Waals surface area contributed by atoms with E-state index < -0.39 is 6.36 Å². The molecule has 1 amide bonds. The van der Waals surface area contributed by atoms with Gasteiger partial charge in [-0.05, 0) is 41.3 Å². The Labute approximate surface area is 135 Å². The first kappa shape index (κ1) is 15.9. The Balaban J connectivity index is 1.61. The number of nitrogens with one attached hydrogen (secondary N) is 2. The summed E-state index contributed by atoms with van der Waals surface area (Å²) in [5, 5.41) is 3.73. The van der Waals surface area contributed by atoms with E-state index in [1.807, 2.05) is 12.1 Å². The first-order chi connectivity index (χ1) is 11.4. The second kappa shape index (κ2) is 6.27. The Morgan fingerprint density at radius 2 is 1.83 bits per heavy atom. The third-order valence-corrected chi connectivity index (χ3v) is 3.43. The number of ether oxygens (including phenoxy) is 1. The fourth-order valence-corrected chi connectivity index (χ4v) is 2.28. The van der Waals surface area contributed by atoms with Crippen LogP contribution in [0.3, 0.4) is 0 Å². The van der Waals surface area contributed by atoms with Crippen molar-refractivity contribution in [2.24, 2.45) is 0 Å². The topological polar surface area (TPSA) is 54.1 Å². The van der Waals surface area contributed by atoms with Crippen LogP contribution in [0.2, 0.25) is 0 Å². The molecule has 2 aromatic carbocycles. The van der Waals surface area contributed by atoms with Crippen LogP contribution in [0.5, 0.6) is 5.75 Å². The zero-order valence-corrected chi connectivity index (χ0v) is 12.4.